The van der Waals surface area contributed by atoms with Crippen molar-refractivity contribution in [2.45, 2.75) is 45.3 Å². The largest absolute Gasteiger partial charge is 0.338 e. The van der Waals surface area contributed by atoms with Crippen molar-refractivity contribution in [3.8, 4) is 0 Å². The summed E-state index contributed by atoms with van der Waals surface area (Å²) < 4.78 is 13.2. The Morgan fingerprint density at radius 1 is 1.25 bits per heavy atom. The van der Waals surface area contributed by atoms with Gasteiger partial charge in [-0.05, 0) is 38.9 Å². The van der Waals surface area contributed by atoms with Gasteiger partial charge in [-0.25, -0.2) is 4.39 Å². The molecule has 2 unspecified atom stereocenters. The van der Waals surface area contributed by atoms with Crippen molar-refractivity contribution < 1.29 is 9.18 Å². The van der Waals surface area contributed by atoms with Gasteiger partial charge >= 0.3 is 0 Å². The van der Waals surface area contributed by atoms with E-state index in [0.29, 0.717) is 19.5 Å². The van der Waals surface area contributed by atoms with Gasteiger partial charge in [0.1, 0.15) is 6.17 Å². The number of hydrogen-bond acceptors (Lipinski definition) is 3. The van der Waals surface area contributed by atoms with Crippen LogP contribution in [0.1, 0.15) is 33.1 Å². The monoisotopic (exact) mass is 285 g/mol. The first kappa shape index (κ1) is 15.7. The van der Waals surface area contributed by atoms with Crippen LogP contribution < -0.4 is 0 Å². The molecule has 2 aliphatic heterocycles. The lowest BCUT2D eigenvalue weighted by Gasteiger charge is -2.29. The number of hydrogen-bond donors (Lipinski definition) is 0. The minimum atomic E-state index is -0.815. The van der Waals surface area contributed by atoms with E-state index in [2.05, 4.69) is 23.6 Å². The van der Waals surface area contributed by atoms with Gasteiger partial charge in [-0.15, -0.1) is 0 Å². The molecule has 0 aromatic heterocycles. The van der Waals surface area contributed by atoms with Crippen LogP contribution in [0.5, 0.6) is 0 Å². The van der Waals surface area contributed by atoms with Crippen molar-refractivity contribution in [2.24, 2.45) is 0 Å². The van der Waals surface area contributed by atoms with Gasteiger partial charge in [0.15, 0.2) is 0 Å². The zero-order chi connectivity index (χ0) is 14.5. The van der Waals surface area contributed by atoms with Gasteiger partial charge in [0.25, 0.3) is 0 Å². The summed E-state index contributed by atoms with van der Waals surface area (Å²) in [5.41, 5.74) is 0. The third kappa shape index (κ3) is 3.70. The van der Waals surface area contributed by atoms with Crippen LogP contribution in [0.4, 0.5) is 4.39 Å². The molecule has 2 aliphatic rings. The molecule has 2 saturated heterocycles. The van der Waals surface area contributed by atoms with Crippen molar-refractivity contribution in [1.29, 1.82) is 0 Å². The van der Waals surface area contributed by atoms with E-state index in [0.717, 1.165) is 45.6 Å². The fourth-order valence-corrected chi connectivity index (χ4v) is 3.31. The molecule has 0 radical (unpaired) electrons. The van der Waals surface area contributed by atoms with Crippen LogP contribution in [0.25, 0.3) is 0 Å². The quantitative estimate of drug-likeness (QED) is 0.737. The molecule has 2 rings (SSSR count). The number of likely N-dealkylation sites (tertiary alicyclic amines) is 2. The molecule has 2 heterocycles. The summed E-state index contributed by atoms with van der Waals surface area (Å²) in [4.78, 5) is 18.9. The van der Waals surface area contributed by atoms with Crippen LogP contribution in [0.2, 0.25) is 0 Å². The molecule has 0 bridgehead atoms. The average molecular weight is 285 g/mol. The summed E-state index contributed by atoms with van der Waals surface area (Å²) in [6.45, 7) is 10.3. The lowest BCUT2D eigenvalue weighted by molar-refractivity contribution is -0.135. The fraction of sp³-hybridized carbons (Fsp3) is 0.933. The van der Waals surface area contributed by atoms with Crippen LogP contribution >= 0.6 is 0 Å². The van der Waals surface area contributed by atoms with Gasteiger partial charge in [0, 0.05) is 19.6 Å². The van der Waals surface area contributed by atoms with Crippen LogP contribution in [0.3, 0.4) is 0 Å². The maximum atomic E-state index is 13.2. The number of carbonyl (C=O) groups is 1. The third-order valence-corrected chi connectivity index (χ3v) is 4.69. The van der Waals surface area contributed by atoms with Gasteiger partial charge in [-0.3, -0.25) is 9.69 Å². The Hall–Kier alpha value is -0.680. The molecule has 4 nitrogen and oxygen atoms in total. The zero-order valence-corrected chi connectivity index (χ0v) is 12.9. The number of rotatable bonds is 6. The number of halogens is 1. The lowest BCUT2D eigenvalue weighted by atomic mass is 10.2. The molecule has 0 aromatic carbocycles. The molecule has 0 N–H and O–H groups in total. The topological polar surface area (TPSA) is 26.8 Å². The predicted molar refractivity (Wildman–Crippen MR) is 78.5 cm³/mol. The maximum absolute atomic E-state index is 13.2. The highest BCUT2D eigenvalue weighted by molar-refractivity contribution is 5.82. The highest BCUT2D eigenvalue weighted by atomic mass is 19.1. The first-order valence-electron chi connectivity index (χ1n) is 8.05. The smallest absolute Gasteiger partial charge is 0.240 e. The standard InChI is InChI=1S/C15H28FN3O/c1-3-17(4-2)10-11-18-8-5-6-14(18)15(20)19-9-7-13(16)12-19/h13-14H,3-12H2,1-2H3. The first-order chi connectivity index (χ1) is 9.65. The van der Waals surface area contributed by atoms with Crippen molar-refractivity contribution in [3.05, 3.63) is 0 Å². The van der Waals surface area contributed by atoms with Gasteiger partial charge in [-0.2, -0.15) is 0 Å². The highest BCUT2D eigenvalue weighted by Gasteiger charge is 2.36. The number of amides is 1. The molecular formula is C15H28FN3O. The average Bonchev–Trinajstić information content (AvgIpc) is 3.08. The Kier molecular flexibility index (Phi) is 5.78. The minimum Gasteiger partial charge on any atom is -0.338 e. The second kappa shape index (κ2) is 7.36. The van der Waals surface area contributed by atoms with E-state index in [4.69, 9.17) is 0 Å². The minimum absolute atomic E-state index is 0.00383. The molecule has 0 saturated carbocycles. The molecular weight excluding hydrogens is 257 g/mol. The van der Waals surface area contributed by atoms with Crippen molar-refractivity contribution in [3.63, 3.8) is 0 Å². The Morgan fingerprint density at radius 3 is 2.60 bits per heavy atom. The maximum Gasteiger partial charge on any atom is 0.240 e. The van der Waals surface area contributed by atoms with Gasteiger partial charge in [0.2, 0.25) is 5.91 Å². The summed E-state index contributed by atoms with van der Waals surface area (Å²) in [6, 6.07) is -0.00383. The van der Waals surface area contributed by atoms with Crippen LogP contribution in [-0.4, -0.2) is 78.6 Å². The van der Waals surface area contributed by atoms with Crippen LogP contribution in [0.15, 0.2) is 0 Å². The number of alkyl halides is 1. The van der Waals surface area contributed by atoms with E-state index in [1.54, 1.807) is 4.90 Å². The summed E-state index contributed by atoms with van der Waals surface area (Å²) in [5.74, 6) is 0.155. The molecule has 0 aliphatic carbocycles. The number of likely N-dealkylation sites (N-methyl/N-ethyl adjacent to an activating group) is 1. The van der Waals surface area contributed by atoms with E-state index in [1.165, 1.54) is 0 Å². The van der Waals surface area contributed by atoms with Gasteiger partial charge in [-0.1, -0.05) is 13.8 Å². The molecule has 116 valence electrons. The Morgan fingerprint density at radius 2 is 2.00 bits per heavy atom. The van der Waals surface area contributed by atoms with Crippen molar-refractivity contribution in [2.75, 3.05) is 45.8 Å². The molecule has 1 amide bonds. The van der Waals surface area contributed by atoms with Crippen molar-refractivity contribution >= 4 is 5.91 Å². The zero-order valence-electron chi connectivity index (χ0n) is 12.9. The molecule has 2 fully saturated rings. The molecule has 20 heavy (non-hydrogen) atoms. The van der Waals surface area contributed by atoms with Crippen LogP contribution in [0, 0.1) is 0 Å². The predicted octanol–water partition coefficient (Wildman–Crippen LogP) is 1.36. The van der Waals surface area contributed by atoms with E-state index < -0.39 is 6.17 Å². The Bertz CT molecular complexity index is 322. The summed E-state index contributed by atoms with van der Waals surface area (Å²) >= 11 is 0. The Labute approximate surface area is 121 Å². The van der Waals surface area contributed by atoms with E-state index in [-0.39, 0.29) is 11.9 Å². The third-order valence-electron chi connectivity index (χ3n) is 4.69. The summed E-state index contributed by atoms with van der Waals surface area (Å²) in [7, 11) is 0. The van der Waals surface area contributed by atoms with E-state index in [9.17, 15) is 9.18 Å². The highest BCUT2D eigenvalue weighted by Crippen LogP contribution is 2.22. The van der Waals surface area contributed by atoms with Gasteiger partial charge in [0.05, 0.1) is 12.6 Å². The van der Waals surface area contributed by atoms with Gasteiger partial charge < -0.3 is 9.80 Å². The first-order valence-corrected chi connectivity index (χ1v) is 8.05. The lowest BCUT2D eigenvalue weighted by Crippen LogP contribution is -2.47. The SMILES string of the molecule is CCN(CC)CCN1CCCC1C(=O)N1CCC(F)C1. The molecule has 2 atom stereocenters. The molecule has 5 heteroatoms. The molecule has 0 aromatic rings. The van der Waals surface area contributed by atoms with E-state index in [1.807, 2.05) is 0 Å². The summed E-state index contributed by atoms with van der Waals surface area (Å²) in [5, 5.41) is 0. The van der Waals surface area contributed by atoms with Crippen molar-refractivity contribution in [1.82, 2.24) is 14.7 Å². The normalized spacial score (nSPS) is 27.7. The number of nitrogens with zero attached hydrogens (tertiary/aromatic N) is 3. The Balaban J connectivity index is 1.85. The number of carbonyl (C=O) groups excluding carboxylic acids is 1. The van der Waals surface area contributed by atoms with E-state index >= 15 is 0 Å². The molecule has 0 spiro atoms. The summed E-state index contributed by atoms with van der Waals surface area (Å²) in [6.07, 6.45) is 1.72. The fourth-order valence-electron chi connectivity index (χ4n) is 3.31. The second-order valence-electron chi connectivity index (χ2n) is 5.89. The second-order valence-corrected chi connectivity index (χ2v) is 5.89. The van der Waals surface area contributed by atoms with Crippen LogP contribution in [-0.2, 0) is 4.79 Å².